The van der Waals surface area contributed by atoms with Crippen molar-refractivity contribution in [1.29, 1.82) is 0 Å². The summed E-state index contributed by atoms with van der Waals surface area (Å²) in [6.07, 6.45) is 4.72. The molecule has 0 spiro atoms. The highest BCUT2D eigenvalue weighted by Crippen LogP contribution is 2.52. The fourth-order valence-corrected chi connectivity index (χ4v) is 5.14. The van der Waals surface area contributed by atoms with Gasteiger partial charge in [-0.2, -0.15) is 0 Å². The van der Waals surface area contributed by atoms with E-state index in [2.05, 4.69) is 25.8 Å². The summed E-state index contributed by atoms with van der Waals surface area (Å²) in [7, 11) is 1.62. The van der Waals surface area contributed by atoms with Gasteiger partial charge in [0.05, 0.1) is 7.11 Å². The van der Waals surface area contributed by atoms with E-state index in [1.165, 1.54) is 6.26 Å². The molecule has 1 aromatic carbocycles. The second-order valence-corrected chi connectivity index (χ2v) is 9.24. The van der Waals surface area contributed by atoms with Crippen molar-refractivity contribution in [1.82, 2.24) is 9.88 Å². The van der Waals surface area contributed by atoms with Gasteiger partial charge in [0.2, 0.25) is 5.89 Å². The molecule has 2 fully saturated rings. The summed E-state index contributed by atoms with van der Waals surface area (Å²) in [5.74, 6) is 1.82. The standard InChI is InChI=1S/C22H28N2O4/c1-21(2)9-15-10-22(3,13-21)14-24(15)20(25)18-11-28-19(23-18)12-27-17-7-5-16(26-4)6-8-17/h5-8,11,15H,9-10,12-14H2,1-4H3/t15-,22-/m1/s1. The topological polar surface area (TPSA) is 64.8 Å². The molecular formula is C22H28N2O4. The summed E-state index contributed by atoms with van der Waals surface area (Å²) in [6, 6.07) is 7.58. The third-order valence-electron chi connectivity index (χ3n) is 5.87. The second kappa shape index (κ2) is 6.83. The minimum atomic E-state index is -0.0362. The molecule has 1 amide bonds. The van der Waals surface area contributed by atoms with Crippen molar-refractivity contribution in [3.05, 3.63) is 42.1 Å². The molecule has 0 unspecified atom stereocenters. The molecule has 1 aliphatic carbocycles. The van der Waals surface area contributed by atoms with Crippen LogP contribution in [0.2, 0.25) is 0 Å². The Bertz CT molecular complexity index is 858. The van der Waals surface area contributed by atoms with Crippen LogP contribution >= 0.6 is 0 Å². The first-order chi connectivity index (χ1) is 13.3. The Kier molecular flexibility index (Phi) is 4.60. The van der Waals surface area contributed by atoms with Gasteiger partial charge in [0.1, 0.15) is 17.8 Å². The van der Waals surface area contributed by atoms with E-state index in [1.54, 1.807) is 7.11 Å². The zero-order valence-corrected chi connectivity index (χ0v) is 17.0. The molecule has 2 heterocycles. The van der Waals surface area contributed by atoms with Crippen molar-refractivity contribution in [2.24, 2.45) is 10.8 Å². The van der Waals surface area contributed by atoms with E-state index in [0.717, 1.165) is 31.6 Å². The van der Waals surface area contributed by atoms with Gasteiger partial charge >= 0.3 is 0 Å². The minimum absolute atomic E-state index is 0.0362. The number of methoxy groups -OCH3 is 1. The van der Waals surface area contributed by atoms with Crippen molar-refractivity contribution in [2.45, 2.75) is 52.7 Å². The Morgan fingerprint density at radius 2 is 1.93 bits per heavy atom. The first-order valence-electron chi connectivity index (χ1n) is 9.79. The first-order valence-corrected chi connectivity index (χ1v) is 9.79. The van der Waals surface area contributed by atoms with E-state index in [4.69, 9.17) is 13.9 Å². The number of fused-ring (bicyclic) bond motifs is 2. The number of benzene rings is 1. The van der Waals surface area contributed by atoms with Crippen LogP contribution in [-0.2, 0) is 6.61 Å². The molecule has 0 radical (unpaired) electrons. The monoisotopic (exact) mass is 384 g/mol. The second-order valence-electron chi connectivity index (χ2n) is 9.24. The van der Waals surface area contributed by atoms with Crippen molar-refractivity contribution >= 4 is 5.91 Å². The van der Waals surface area contributed by atoms with E-state index in [9.17, 15) is 4.79 Å². The van der Waals surface area contributed by atoms with Gasteiger partial charge in [-0.05, 0) is 54.4 Å². The molecule has 0 N–H and O–H groups in total. The lowest BCUT2D eigenvalue weighted by molar-refractivity contribution is 0.0702. The maximum absolute atomic E-state index is 13.0. The number of hydrogen-bond donors (Lipinski definition) is 0. The molecule has 1 saturated heterocycles. The molecule has 2 atom stereocenters. The van der Waals surface area contributed by atoms with Crippen molar-refractivity contribution < 1.29 is 18.7 Å². The van der Waals surface area contributed by atoms with Crippen LogP contribution < -0.4 is 9.47 Å². The molecular weight excluding hydrogens is 356 g/mol. The Morgan fingerprint density at radius 1 is 1.21 bits per heavy atom. The van der Waals surface area contributed by atoms with E-state index < -0.39 is 0 Å². The number of carbonyl (C=O) groups is 1. The number of rotatable bonds is 5. The van der Waals surface area contributed by atoms with Crippen molar-refractivity contribution in [2.75, 3.05) is 13.7 Å². The minimum Gasteiger partial charge on any atom is -0.497 e. The number of amides is 1. The smallest absolute Gasteiger partial charge is 0.276 e. The summed E-state index contributed by atoms with van der Waals surface area (Å²) in [4.78, 5) is 19.4. The van der Waals surface area contributed by atoms with E-state index in [0.29, 0.717) is 17.3 Å². The lowest BCUT2D eigenvalue weighted by Gasteiger charge is -2.39. The molecule has 1 aromatic heterocycles. The predicted octanol–water partition coefficient (Wildman–Crippen LogP) is 4.30. The highest BCUT2D eigenvalue weighted by molar-refractivity contribution is 5.92. The summed E-state index contributed by atoms with van der Waals surface area (Å²) >= 11 is 0. The number of carbonyl (C=O) groups excluding carboxylic acids is 1. The van der Waals surface area contributed by atoms with Gasteiger partial charge in [-0.15, -0.1) is 0 Å². The summed E-state index contributed by atoms with van der Waals surface area (Å²) in [5.41, 5.74) is 0.835. The summed E-state index contributed by atoms with van der Waals surface area (Å²) in [5, 5.41) is 0. The quantitative estimate of drug-likeness (QED) is 0.769. The van der Waals surface area contributed by atoms with Crippen LogP contribution in [-0.4, -0.2) is 35.5 Å². The molecule has 150 valence electrons. The van der Waals surface area contributed by atoms with Crippen LogP contribution in [0.1, 0.15) is 56.4 Å². The van der Waals surface area contributed by atoms with Crippen LogP contribution in [0.5, 0.6) is 11.5 Å². The average molecular weight is 384 g/mol. The Hall–Kier alpha value is -2.50. The number of aromatic nitrogens is 1. The molecule has 6 heteroatoms. The fraction of sp³-hybridized carbons (Fsp3) is 0.545. The molecule has 28 heavy (non-hydrogen) atoms. The van der Waals surface area contributed by atoms with E-state index >= 15 is 0 Å². The lowest BCUT2D eigenvalue weighted by Crippen LogP contribution is -2.37. The highest BCUT2D eigenvalue weighted by atomic mass is 16.5. The summed E-state index contributed by atoms with van der Waals surface area (Å²) < 4.78 is 16.3. The number of hydrogen-bond acceptors (Lipinski definition) is 5. The molecule has 4 rings (SSSR count). The molecule has 2 aliphatic rings. The maximum Gasteiger partial charge on any atom is 0.276 e. The van der Waals surface area contributed by atoms with Gasteiger partial charge in [-0.3, -0.25) is 4.79 Å². The average Bonchev–Trinajstić information content (AvgIpc) is 3.21. The van der Waals surface area contributed by atoms with E-state index in [1.807, 2.05) is 29.2 Å². The molecule has 1 saturated carbocycles. The Morgan fingerprint density at radius 3 is 2.64 bits per heavy atom. The van der Waals surface area contributed by atoms with Gasteiger partial charge in [0, 0.05) is 12.6 Å². The fourth-order valence-electron chi connectivity index (χ4n) is 5.14. The lowest BCUT2D eigenvalue weighted by atomic mass is 9.65. The number of likely N-dealkylation sites (tertiary alicyclic amines) is 1. The van der Waals surface area contributed by atoms with Crippen LogP contribution in [0.3, 0.4) is 0 Å². The van der Waals surface area contributed by atoms with E-state index in [-0.39, 0.29) is 29.4 Å². The van der Waals surface area contributed by atoms with Crippen LogP contribution in [0.4, 0.5) is 0 Å². The molecule has 6 nitrogen and oxygen atoms in total. The normalized spacial score (nSPS) is 25.6. The van der Waals surface area contributed by atoms with Crippen molar-refractivity contribution in [3.8, 4) is 11.5 Å². The molecule has 1 aliphatic heterocycles. The molecule has 2 aromatic rings. The van der Waals surface area contributed by atoms with Gasteiger partial charge in [-0.1, -0.05) is 20.8 Å². The number of ether oxygens (including phenoxy) is 2. The SMILES string of the molecule is COc1ccc(OCc2nc(C(=O)N3C[C@]4(C)C[C@H]3CC(C)(C)C4)co2)cc1. The first kappa shape index (κ1) is 18.8. The third kappa shape index (κ3) is 3.73. The maximum atomic E-state index is 13.0. The zero-order valence-electron chi connectivity index (χ0n) is 17.0. The third-order valence-corrected chi connectivity index (χ3v) is 5.87. The number of oxazole rings is 1. The predicted molar refractivity (Wildman–Crippen MR) is 104 cm³/mol. The van der Waals surface area contributed by atoms with Crippen LogP contribution in [0.15, 0.2) is 34.9 Å². The van der Waals surface area contributed by atoms with Crippen LogP contribution in [0.25, 0.3) is 0 Å². The zero-order chi connectivity index (χ0) is 19.9. The van der Waals surface area contributed by atoms with Gasteiger partial charge in [0.15, 0.2) is 12.3 Å². The van der Waals surface area contributed by atoms with Crippen LogP contribution in [0, 0.1) is 10.8 Å². The number of nitrogens with zero attached hydrogens (tertiary/aromatic N) is 2. The van der Waals surface area contributed by atoms with Crippen molar-refractivity contribution in [3.63, 3.8) is 0 Å². The van der Waals surface area contributed by atoms with Gasteiger partial charge in [-0.25, -0.2) is 4.98 Å². The van der Waals surface area contributed by atoms with Gasteiger partial charge < -0.3 is 18.8 Å². The highest BCUT2D eigenvalue weighted by Gasteiger charge is 2.51. The van der Waals surface area contributed by atoms with Gasteiger partial charge in [0.25, 0.3) is 5.91 Å². The Balaban J connectivity index is 1.40. The largest absolute Gasteiger partial charge is 0.497 e. The Labute approximate surface area is 165 Å². The summed E-state index contributed by atoms with van der Waals surface area (Å²) in [6.45, 7) is 7.87. The molecule has 2 bridgehead atoms.